The van der Waals surface area contributed by atoms with Gasteiger partial charge in [-0.15, -0.1) is 23.7 Å². The van der Waals surface area contributed by atoms with Gasteiger partial charge in [0.1, 0.15) is 6.04 Å². The van der Waals surface area contributed by atoms with Crippen LogP contribution in [-0.2, 0) is 16.1 Å². The third-order valence-corrected chi connectivity index (χ3v) is 2.92. The predicted octanol–water partition coefficient (Wildman–Crippen LogP) is 1.07. The van der Waals surface area contributed by atoms with E-state index in [1.165, 1.54) is 12.0 Å². The van der Waals surface area contributed by atoms with E-state index in [0.717, 1.165) is 4.88 Å². The van der Waals surface area contributed by atoms with Gasteiger partial charge in [-0.3, -0.25) is 4.79 Å². The lowest BCUT2D eigenvalue weighted by molar-refractivity contribution is -0.123. The van der Waals surface area contributed by atoms with Crippen LogP contribution in [0, 0.1) is 6.92 Å². The molecule has 1 heterocycles. The van der Waals surface area contributed by atoms with E-state index in [0.29, 0.717) is 6.54 Å². The highest BCUT2D eigenvalue weighted by Crippen LogP contribution is 2.14. The number of carbonyl (C=O) groups is 1. The number of nitrogens with two attached hydrogens (primary N) is 1. The minimum atomic E-state index is -0.587. The Morgan fingerprint density at radius 3 is 2.81 bits per heavy atom. The zero-order valence-corrected chi connectivity index (χ0v) is 11.0. The van der Waals surface area contributed by atoms with Gasteiger partial charge in [0.05, 0.1) is 13.2 Å². The van der Waals surface area contributed by atoms with Crippen molar-refractivity contribution in [3.63, 3.8) is 0 Å². The summed E-state index contributed by atoms with van der Waals surface area (Å²) in [5, 5.41) is 2.76. The fourth-order valence-corrected chi connectivity index (χ4v) is 1.97. The highest BCUT2D eigenvalue weighted by Gasteiger charge is 2.12. The Kier molecular flexibility index (Phi) is 7.33. The minimum absolute atomic E-state index is 0. The minimum Gasteiger partial charge on any atom is -0.383 e. The number of methoxy groups -OCH3 is 1. The van der Waals surface area contributed by atoms with Crippen LogP contribution in [-0.4, -0.2) is 25.7 Å². The standard InChI is InChI=1S/C10H16N2O2S.ClH/c1-7-3-4-8(15-7)5-12-10(13)9(11)6-14-2;/h3-4,9H,5-6,11H2,1-2H3,(H,12,13);1H. The molecule has 0 saturated carbocycles. The van der Waals surface area contributed by atoms with E-state index in [1.807, 2.05) is 19.1 Å². The van der Waals surface area contributed by atoms with Crippen molar-refractivity contribution in [1.82, 2.24) is 5.32 Å². The van der Waals surface area contributed by atoms with E-state index in [1.54, 1.807) is 11.3 Å². The third kappa shape index (κ3) is 4.94. The summed E-state index contributed by atoms with van der Waals surface area (Å²) in [7, 11) is 1.52. The van der Waals surface area contributed by atoms with Crippen molar-refractivity contribution in [2.24, 2.45) is 5.73 Å². The van der Waals surface area contributed by atoms with Gasteiger partial charge in [-0.2, -0.15) is 0 Å². The highest BCUT2D eigenvalue weighted by molar-refractivity contribution is 7.11. The van der Waals surface area contributed by atoms with Crippen LogP contribution in [0.25, 0.3) is 0 Å². The van der Waals surface area contributed by atoms with Crippen LogP contribution in [0.1, 0.15) is 9.75 Å². The highest BCUT2D eigenvalue weighted by atomic mass is 35.5. The van der Waals surface area contributed by atoms with E-state index in [-0.39, 0.29) is 24.9 Å². The molecule has 1 unspecified atom stereocenters. The number of rotatable bonds is 5. The second-order valence-corrected chi connectivity index (χ2v) is 4.66. The quantitative estimate of drug-likeness (QED) is 0.836. The Balaban J connectivity index is 0.00000225. The normalized spacial score (nSPS) is 11.7. The van der Waals surface area contributed by atoms with Gasteiger partial charge >= 0.3 is 0 Å². The molecule has 0 bridgehead atoms. The van der Waals surface area contributed by atoms with Crippen LogP contribution >= 0.6 is 23.7 Å². The molecule has 0 spiro atoms. The van der Waals surface area contributed by atoms with Crippen LogP contribution in [0.5, 0.6) is 0 Å². The topological polar surface area (TPSA) is 64.3 Å². The molecular formula is C10H17ClN2O2S. The Hall–Kier alpha value is -0.620. The largest absolute Gasteiger partial charge is 0.383 e. The molecule has 4 nitrogen and oxygen atoms in total. The monoisotopic (exact) mass is 264 g/mol. The number of amides is 1. The smallest absolute Gasteiger partial charge is 0.239 e. The van der Waals surface area contributed by atoms with Crippen molar-refractivity contribution >= 4 is 29.7 Å². The van der Waals surface area contributed by atoms with Crippen molar-refractivity contribution in [3.05, 3.63) is 21.9 Å². The first kappa shape index (κ1) is 15.4. The SMILES string of the molecule is COCC(N)C(=O)NCc1ccc(C)s1.Cl. The summed E-state index contributed by atoms with van der Waals surface area (Å²) in [4.78, 5) is 13.8. The lowest BCUT2D eigenvalue weighted by Gasteiger charge is -2.10. The van der Waals surface area contributed by atoms with Gasteiger partial charge in [0, 0.05) is 16.9 Å². The number of hydrogen-bond donors (Lipinski definition) is 2. The van der Waals surface area contributed by atoms with Crippen LogP contribution in [0.4, 0.5) is 0 Å². The number of hydrogen-bond acceptors (Lipinski definition) is 4. The fourth-order valence-electron chi connectivity index (χ4n) is 1.14. The lowest BCUT2D eigenvalue weighted by atomic mass is 10.3. The van der Waals surface area contributed by atoms with Gasteiger partial charge in [-0.1, -0.05) is 0 Å². The molecule has 1 amide bonds. The van der Waals surface area contributed by atoms with Gasteiger partial charge in [0.2, 0.25) is 5.91 Å². The van der Waals surface area contributed by atoms with Crippen LogP contribution in [0.3, 0.4) is 0 Å². The summed E-state index contributed by atoms with van der Waals surface area (Å²) in [6.07, 6.45) is 0. The Morgan fingerprint density at radius 2 is 2.31 bits per heavy atom. The maximum Gasteiger partial charge on any atom is 0.239 e. The third-order valence-electron chi connectivity index (χ3n) is 1.92. The fraction of sp³-hybridized carbons (Fsp3) is 0.500. The molecule has 0 radical (unpaired) electrons. The molecule has 0 saturated heterocycles. The van der Waals surface area contributed by atoms with Gasteiger partial charge in [-0.25, -0.2) is 0 Å². The van der Waals surface area contributed by atoms with Gasteiger partial charge in [-0.05, 0) is 19.1 Å². The second kappa shape index (κ2) is 7.62. The van der Waals surface area contributed by atoms with E-state index >= 15 is 0 Å². The number of halogens is 1. The first-order valence-electron chi connectivity index (χ1n) is 4.71. The summed E-state index contributed by atoms with van der Waals surface area (Å²) in [5.74, 6) is -0.178. The summed E-state index contributed by atoms with van der Waals surface area (Å²) in [5.41, 5.74) is 5.56. The molecule has 1 aromatic rings. The molecule has 16 heavy (non-hydrogen) atoms. The van der Waals surface area contributed by atoms with Crippen LogP contribution in [0.2, 0.25) is 0 Å². The molecular weight excluding hydrogens is 248 g/mol. The van der Waals surface area contributed by atoms with Gasteiger partial charge < -0.3 is 15.8 Å². The van der Waals surface area contributed by atoms with Gasteiger partial charge in [0.15, 0.2) is 0 Å². The van der Waals surface area contributed by atoms with Gasteiger partial charge in [0.25, 0.3) is 0 Å². The number of nitrogens with one attached hydrogen (secondary N) is 1. The van der Waals surface area contributed by atoms with E-state index < -0.39 is 6.04 Å². The summed E-state index contributed by atoms with van der Waals surface area (Å²) >= 11 is 1.67. The average molecular weight is 265 g/mol. The van der Waals surface area contributed by atoms with Crippen LogP contribution < -0.4 is 11.1 Å². The summed E-state index contributed by atoms with van der Waals surface area (Å²) in [6, 6.07) is 3.44. The summed E-state index contributed by atoms with van der Waals surface area (Å²) < 4.78 is 4.80. The zero-order chi connectivity index (χ0) is 11.3. The molecule has 0 aliphatic carbocycles. The number of carbonyl (C=O) groups excluding carboxylic acids is 1. The van der Waals surface area contributed by atoms with E-state index in [4.69, 9.17) is 10.5 Å². The molecule has 3 N–H and O–H groups in total. The molecule has 1 rings (SSSR count). The molecule has 92 valence electrons. The molecule has 0 aliphatic heterocycles. The van der Waals surface area contributed by atoms with Crippen molar-refractivity contribution < 1.29 is 9.53 Å². The predicted molar refractivity (Wildman–Crippen MR) is 68.0 cm³/mol. The zero-order valence-electron chi connectivity index (χ0n) is 9.36. The first-order valence-corrected chi connectivity index (χ1v) is 5.52. The van der Waals surface area contributed by atoms with Crippen molar-refractivity contribution in [2.75, 3.05) is 13.7 Å². The Labute approximate surface area is 106 Å². The van der Waals surface area contributed by atoms with Crippen LogP contribution in [0.15, 0.2) is 12.1 Å². The molecule has 0 fully saturated rings. The first-order chi connectivity index (χ1) is 7.13. The number of ether oxygens (including phenoxy) is 1. The lowest BCUT2D eigenvalue weighted by Crippen LogP contribution is -2.43. The molecule has 0 aliphatic rings. The average Bonchev–Trinajstić information content (AvgIpc) is 2.61. The second-order valence-electron chi connectivity index (χ2n) is 3.29. The molecule has 1 aromatic heterocycles. The number of aryl methyl sites for hydroxylation is 1. The summed E-state index contributed by atoms with van der Waals surface area (Å²) in [6.45, 7) is 2.82. The van der Waals surface area contributed by atoms with Crippen molar-refractivity contribution in [3.8, 4) is 0 Å². The van der Waals surface area contributed by atoms with E-state index in [2.05, 4.69) is 5.32 Å². The maximum atomic E-state index is 11.4. The molecule has 0 aromatic carbocycles. The molecule has 1 atom stereocenters. The van der Waals surface area contributed by atoms with E-state index in [9.17, 15) is 4.79 Å². The molecule has 6 heteroatoms. The number of thiophene rings is 1. The Bertz CT molecular complexity index is 330. The Morgan fingerprint density at radius 1 is 1.62 bits per heavy atom. The van der Waals surface area contributed by atoms with Crippen molar-refractivity contribution in [1.29, 1.82) is 0 Å². The van der Waals surface area contributed by atoms with Crippen molar-refractivity contribution in [2.45, 2.75) is 19.5 Å². The maximum absolute atomic E-state index is 11.4.